The number of carbonyl (C=O) groups is 1. The number of urea groups is 1. The smallest absolute Gasteiger partial charge is 0.321 e. The maximum atomic E-state index is 11.6. The second-order valence-electron chi connectivity index (χ2n) is 5.55. The molecule has 0 aromatic heterocycles. The van der Waals surface area contributed by atoms with Crippen molar-refractivity contribution < 1.29 is 9.72 Å². The number of nitro groups is 1. The van der Waals surface area contributed by atoms with E-state index in [9.17, 15) is 14.9 Å². The first kappa shape index (κ1) is 16.4. The summed E-state index contributed by atoms with van der Waals surface area (Å²) < 4.78 is 0. The van der Waals surface area contributed by atoms with E-state index in [1.807, 2.05) is 20.8 Å². The van der Waals surface area contributed by atoms with Crippen LogP contribution in [-0.2, 0) is 0 Å². The first-order valence-corrected chi connectivity index (χ1v) is 6.27. The number of carbonyl (C=O) groups excluding carboxylic acids is 1. The molecule has 8 nitrogen and oxygen atoms in total. The first-order chi connectivity index (χ1) is 9.58. The number of hydrogen-bond donors (Lipinski definition) is 3. The average molecular weight is 293 g/mol. The van der Waals surface area contributed by atoms with Crippen molar-refractivity contribution in [2.24, 2.45) is 10.7 Å². The zero-order valence-electron chi connectivity index (χ0n) is 12.4. The van der Waals surface area contributed by atoms with Crippen LogP contribution in [0.3, 0.4) is 0 Å². The molecule has 1 rings (SSSR count). The van der Waals surface area contributed by atoms with Gasteiger partial charge >= 0.3 is 6.03 Å². The molecule has 114 valence electrons. The van der Waals surface area contributed by atoms with E-state index in [0.717, 1.165) is 0 Å². The fourth-order valence-electron chi connectivity index (χ4n) is 1.52. The van der Waals surface area contributed by atoms with E-state index in [1.54, 1.807) is 6.92 Å². The minimum Gasteiger partial charge on any atom is -0.369 e. The van der Waals surface area contributed by atoms with Crippen LogP contribution in [0.5, 0.6) is 0 Å². The fourth-order valence-corrected chi connectivity index (χ4v) is 1.52. The predicted molar refractivity (Wildman–Crippen MR) is 80.5 cm³/mol. The molecule has 0 atom stereocenters. The van der Waals surface area contributed by atoms with E-state index in [4.69, 9.17) is 5.73 Å². The van der Waals surface area contributed by atoms with E-state index in [1.165, 1.54) is 18.2 Å². The Labute approximate surface area is 122 Å². The molecule has 0 unspecified atom stereocenters. The molecule has 1 aromatic carbocycles. The average Bonchev–Trinajstić information content (AvgIpc) is 2.28. The number of nitrogens with two attached hydrogens (primary N) is 1. The monoisotopic (exact) mass is 293 g/mol. The Morgan fingerprint density at radius 1 is 1.38 bits per heavy atom. The van der Waals surface area contributed by atoms with Crippen molar-refractivity contribution in [1.82, 2.24) is 10.6 Å². The van der Waals surface area contributed by atoms with E-state index >= 15 is 0 Å². The summed E-state index contributed by atoms with van der Waals surface area (Å²) in [7, 11) is 0. The highest BCUT2D eigenvalue weighted by atomic mass is 16.6. The minimum atomic E-state index is -0.487. The van der Waals surface area contributed by atoms with Gasteiger partial charge in [-0.1, -0.05) is 0 Å². The third kappa shape index (κ3) is 5.47. The maximum absolute atomic E-state index is 11.6. The summed E-state index contributed by atoms with van der Waals surface area (Å²) in [5, 5.41) is 15.7. The highest BCUT2D eigenvalue weighted by molar-refractivity contribution is 5.96. The lowest BCUT2D eigenvalue weighted by Crippen LogP contribution is -2.50. The number of rotatable bonds is 2. The molecule has 0 bridgehead atoms. The molecule has 21 heavy (non-hydrogen) atoms. The van der Waals surface area contributed by atoms with Crippen LogP contribution < -0.4 is 16.4 Å². The lowest BCUT2D eigenvalue weighted by Gasteiger charge is -2.20. The molecule has 0 saturated carbocycles. The van der Waals surface area contributed by atoms with Crippen LogP contribution in [0, 0.1) is 17.0 Å². The third-order valence-corrected chi connectivity index (χ3v) is 2.36. The Morgan fingerprint density at radius 2 is 2.00 bits per heavy atom. The normalized spacial score (nSPS) is 11.9. The van der Waals surface area contributed by atoms with Crippen LogP contribution >= 0.6 is 0 Å². The molecule has 0 spiro atoms. The van der Waals surface area contributed by atoms with Gasteiger partial charge in [0.25, 0.3) is 5.69 Å². The highest BCUT2D eigenvalue weighted by Crippen LogP contribution is 2.23. The summed E-state index contributed by atoms with van der Waals surface area (Å²) in [6.45, 7) is 7.18. The summed E-state index contributed by atoms with van der Waals surface area (Å²) in [5.74, 6) is -0.0892. The van der Waals surface area contributed by atoms with Gasteiger partial charge in [0.15, 0.2) is 0 Å². The summed E-state index contributed by atoms with van der Waals surface area (Å²) >= 11 is 0. The summed E-state index contributed by atoms with van der Waals surface area (Å²) in [6.07, 6.45) is 0. The van der Waals surface area contributed by atoms with Gasteiger partial charge in [0, 0.05) is 17.7 Å². The quantitative estimate of drug-likeness (QED) is 0.334. The standard InChI is InChI=1S/C13H19N5O3/c1-8-7-9(18(20)21)5-6-10(8)15-11(14)16-12(19)17-13(2,3)4/h5-7H,1-4H3,(H4,14,15,16,17,19). The van der Waals surface area contributed by atoms with Crippen LogP contribution in [0.15, 0.2) is 23.2 Å². The van der Waals surface area contributed by atoms with Gasteiger partial charge in [0.05, 0.1) is 10.6 Å². The van der Waals surface area contributed by atoms with Gasteiger partial charge in [-0.3, -0.25) is 15.4 Å². The molecule has 0 saturated heterocycles. The van der Waals surface area contributed by atoms with Gasteiger partial charge in [-0.2, -0.15) is 0 Å². The number of nitrogens with one attached hydrogen (secondary N) is 2. The number of aliphatic imine (C=N–C) groups is 1. The van der Waals surface area contributed by atoms with Crippen molar-refractivity contribution in [1.29, 1.82) is 0 Å². The van der Waals surface area contributed by atoms with Crippen LogP contribution in [0.2, 0.25) is 0 Å². The topological polar surface area (TPSA) is 123 Å². The second-order valence-corrected chi connectivity index (χ2v) is 5.55. The zero-order chi connectivity index (χ0) is 16.2. The number of hydrogen-bond acceptors (Lipinski definition) is 4. The number of nitrogens with zero attached hydrogens (tertiary/aromatic N) is 2. The van der Waals surface area contributed by atoms with Gasteiger partial charge in [0.1, 0.15) is 0 Å². The van der Waals surface area contributed by atoms with Gasteiger partial charge < -0.3 is 11.1 Å². The van der Waals surface area contributed by atoms with Crippen LogP contribution in [0.25, 0.3) is 0 Å². The molecule has 0 aliphatic carbocycles. The lowest BCUT2D eigenvalue weighted by atomic mass is 10.1. The number of aryl methyl sites for hydroxylation is 1. The molecule has 0 aliphatic heterocycles. The molecule has 4 N–H and O–H groups in total. The number of benzene rings is 1. The zero-order valence-corrected chi connectivity index (χ0v) is 12.4. The molecule has 0 heterocycles. The number of non-ortho nitro benzene ring substituents is 1. The van der Waals surface area contributed by atoms with Crippen molar-refractivity contribution in [2.75, 3.05) is 0 Å². The molecule has 8 heteroatoms. The summed E-state index contributed by atoms with van der Waals surface area (Å²) in [6, 6.07) is 3.72. The number of guanidine groups is 1. The van der Waals surface area contributed by atoms with E-state index in [2.05, 4.69) is 15.6 Å². The molecule has 0 radical (unpaired) electrons. The van der Waals surface area contributed by atoms with E-state index < -0.39 is 16.5 Å². The Balaban J connectivity index is 2.83. The van der Waals surface area contributed by atoms with Crippen molar-refractivity contribution in [3.8, 4) is 0 Å². The van der Waals surface area contributed by atoms with Crippen LogP contribution in [0.4, 0.5) is 16.2 Å². The highest BCUT2D eigenvalue weighted by Gasteiger charge is 2.14. The lowest BCUT2D eigenvalue weighted by molar-refractivity contribution is -0.384. The number of amides is 2. The maximum Gasteiger partial charge on any atom is 0.321 e. The summed E-state index contributed by atoms with van der Waals surface area (Å²) in [5.41, 5.74) is 6.26. The fraction of sp³-hybridized carbons (Fsp3) is 0.385. The Bertz CT molecular complexity index is 590. The van der Waals surface area contributed by atoms with Gasteiger partial charge in [-0.05, 0) is 39.3 Å². The van der Waals surface area contributed by atoms with Gasteiger partial charge in [-0.15, -0.1) is 0 Å². The van der Waals surface area contributed by atoms with Crippen molar-refractivity contribution in [3.63, 3.8) is 0 Å². The second kappa shape index (κ2) is 6.21. The van der Waals surface area contributed by atoms with Crippen molar-refractivity contribution >= 4 is 23.4 Å². The first-order valence-electron chi connectivity index (χ1n) is 6.27. The minimum absolute atomic E-state index is 0.0246. The Kier molecular flexibility index (Phi) is 4.85. The number of nitro benzene ring substituents is 1. The van der Waals surface area contributed by atoms with Crippen LogP contribution in [0.1, 0.15) is 26.3 Å². The summed E-state index contributed by atoms with van der Waals surface area (Å²) in [4.78, 5) is 25.8. The molecular formula is C13H19N5O3. The molecule has 1 aromatic rings. The molecular weight excluding hydrogens is 274 g/mol. The molecule has 0 aliphatic rings. The largest absolute Gasteiger partial charge is 0.369 e. The van der Waals surface area contributed by atoms with Gasteiger partial charge in [-0.25, -0.2) is 9.79 Å². The van der Waals surface area contributed by atoms with Crippen molar-refractivity contribution in [3.05, 3.63) is 33.9 Å². The Hall–Kier alpha value is -2.64. The molecule has 2 amide bonds. The van der Waals surface area contributed by atoms with E-state index in [0.29, 0.717) is 11.3 Å². The van der Waals surface area contributed by atoms with Crippen LogP contribution in [-0.4, -0.2) is 22.5 Å². The third-order valence-electron chi connectivity index (χ3n) is 2.36. The Morgan fingerprint density at radius 3 is 2.48 bits per heavy atom. The SMILES string of the molecule is Cc1cc([N+](=O)[O-])ccc1N=C(N)NC(=O)NC(C)(C)C. The molecule has 0 fully saturated rings. The van der Waals surface area contributed by atoms with Gasteiger partial charge in [0.2, 0.25) is 5.96 Å². The van der Waals surface area contributed by atoms with E-state index in [-0.39, 0.29) is 11.6 Å². The van der Waals surface area contributed by atoms with Crippen molar-refractivity contribution in [2.45, 2.75) is 33.2 Å². The predicted octanol–water partition coefficient (Wildman–Crippen LogP) is 1.95.